The van der Waals surface area contributed by atoms with E-state index >= 15 is 13.2 Å². The molecule has 4 aromatic rings. The molecule has 14 heteroatoms. The zero-order chi connectivity index (χ0) is 30.1. The number of aromatic nitrogens is 5. The molecule has 5 rings (SSSR count). The molecule has 224 valence electrons. The van der Waals surface area contributed by atoms with Gasteiger partial charge in [-0.05, 0) is 43.2 Å². The van der Waals surface area contributed by atoms with Gasteiger partial charge in [-0.3, -0.25) is 4.98 Å². The van der Waals surface area contributed by atoms with Crippen molar-refractivity contribution in [3.63, 3.8) is 0 Å². The lowest BCUT2D eigenvalue weighted by molar-refractivity contribution is 0.0882. The van der Waals surface area contributed by atoms with Crippen molar-refractivity contribution in [3.05, 3.63) is 83.8 Å². The van der Waals surface area contributed by atoms with Crippen LogP contribution < -0.4 is 4.72 Å². The predicted octanol–water partition coefficient (Wildman–Crippen LogP) is 5.41. The highest BCUT2D eigenvalue weighted by Crippen LogP contribution is 2.37. The molecular formula is C28H33F3N6O3SSi. The maximum absolute atomic E-state index is 15.6. The van der Waals surface area contributed by atoms with Crippen molar-refractivity contribution in [2.75, 3.05) is 6.61 Å². The highest BCUT2D eigenvalue weighted by molar-refractivity contribution is 7.89. The van der Waals surface area contributed by atoms with Crippen LogP contribution in [0.1, 0.15) is 35.5 Å². The predicted molar refractivity (Wildman–Crippen MR) is 153 cm³/mol. The molecular weight excluding hydrogens is 585 g/mol. The first-order valence-corrected chi connectivity index (χ1v) is 18.8. The van der Waals surface area contributed by atoms with Crippen LogP contribution >= 0.6 is 0 Å². The largest absolute Gasteiger partial charge is 0.361 e. The molecule has 0 bridgehead atoms. The summed E-state index contributed by atoms with van der Waals surface area (Å²) in [5, 5.41) is 0. The van der Waals surface area contributed by atoms with Crippen molar-refractivity contribution < 1.29 is 26.3 Å². The summed E-state index contributed by atoms with van der Waals surface area (Å²) in [7, 11) is -5.54. The molecule has 0 radical (unpaired) electrons. The Morgan fingerprint density at radius 2 is 1.98 bits per heavy atom. The van der Waals surface area contributed by atoms with Crippen LogP contribution in [0, 0.1) is 11.6 Å². The summed E-state index contributed by atoms with van der Waals surface area (Å²) in [6.07, 6.45) is 5.95. The summed E-state index contributed by atoms with van der Waals surface area (Å²) in [5.74, 6) is -1.91. The zero-order valence-electron chi connectivity index (χ0n) is 23.6. The Morgan fingerprint density at radius 1 is 1.17 bits per heavy atom. The second kappa shape index (κ2) is 12.1. The van der Waals surface area contributed by atoms with Gasteiger partial charge in [0.15, 0.2) is 12.1 Å². The molecule has 9 nitrogen and oxygen atoms in total. The molecule has 42 heavy (non-hydrogen) atoms. The minimum Gasteiger partial charge on any atom is -0.361 e. The number of rotatable bonds is 11. The summed E-state index contributed by atoms with van der Waals surface area (Å²) in [6.45, 7) is 8.09. The zero-order valence-corrected chi connectivity index (χ0v) is 25.4. The Morgan fingerprint density at radius 3 is 2.71 bits per heavy atom. The first-order chi connectivity index (χ1) is 19.9. The molecule has 4 heterocycles. The van der Waals surface area contributed by atoms with Gasteiger partial charge in [0.2, 0.25) is 10.0 Å². The van der Waals surface area contributed by atoms with Crippen LogP contribution in [0.5, 0.6) is 0 Å². The molecule has 0 fully saturated rings. The first kappa shape index (κ1) is 30.1. The van der Waals surface area contributed by atoms with E-state index in [9.17, 15) is 8.42 Å². The topological polar surface area (TPSA) is 104 Å². The molecule has 0 spiro atoms. The number of pyridine rings is 1. The maximum Gasteiger partial charge on any atom is 0.244 e. The fourth-order valence-electron chi connectivity index (χ4n) is 4.99. The lowest BCUT2D eigenvalue weighted by Crippen LogP contribution is -2.28. The molecule has 1 aromatic carbocycles. The third-order valence-electron chi connectivity index (χ3n) is 7.29. The molecule has 0 saturated carbocycles. The molecule has 0 aliphatic carbocycles. The van der Waals surface area contributed by atoms with E-state index < -0.39 is 47.5 Å². The third-order valence-corrected chi connectivity index (χ3v) is 10.4. The number of halogens is 3. The van der Waals surface area contributed by atoms with Gasteiger partial charge >= 0.3 is 0 Å². The number of nitrogens with one attached hydrogen (secondary N) is 1. The Labute approximate surface area is 243 Å². The van der Waals surface area contributed by atoms with Gasteiger partial charge < -0.3 is 13.9 Å². The van der Waals surface area contributed by atoms with Crippen molar-refractivity contribution >= 4 is 18.1 Å². The number of fused-ring (bicyclic) bond motifs is 1. The standard InChI is InChI=1S/C28H33F3N6O3SSi/c1-42(2,3)14-13-40-18-36-12-11-33-28(36)26-23-9-6-19(16-37(23)17-34-26)24-22(29)8-7-21(25(24)30)27(31)35-41(38,39)20-5-4-10-32-15-20/h4-5,7-8,10-12,15,17,19,27,35H,6,9,13-14,16,18H2,1-3H3. The van der Waals surface area contributed by atoms with Crippen molar-refractivity contribution in [2.45, 2.75) is 68.9 Å². The highest BCUT2D eigenvalue weighted by Gasteiger charge is 2.32. The van der Waals surface area contributed by atoms with Crippen LogP contribution in [0.25, 0.3) is 11.5 Å². The number of nitrogens with zero attached hydrogens (tertiary/aromatic N) is 5. The SMILES string of the molecule is C[Si](C)(C)CCOCn1ccnc1-c1ncn2c1CCC(c1c(F)ccc(C(F)NS(=O)(=O)c3cccnc3)c1F)C2. The van der Waals surface area contributed by atoms with Gasteiger partial charge in [0.25, 0.3) is 0 Å². The summed E-state index contributed by atoms with van der Waals surface area (Å²) >= 11 is 0. The number of ether oxygens (including phenoxy) is 1. The molecule has 0 saturated heterocycles. The van der Waals surface area contributed by atoms with Crippen LogP contribution in [0.2, 0.25) is 25.7 Å². The Balaban J connectivity index is 1.33. The van der Waals surface area contributed by atoms with E-state index in [2.05, 4.69) is 34.6 Å². The van der Waals surface area contributed by atoms with Crippen molar-refractivity contribution in [3.8, 4) is 11.5 Å². The van der Waals surface area contributed by atoms with E-state index in [1.807, 2.05) is 20.1 Å². The Kier molecular flexibility index (Phi) is 8.69. The van der Waals surface area contributed by atoms with Crippen LogP contribution in [-0.2, 0) is 34.5 Å². The van der Waals surface area contributed by atoms with Crippen LogP contribution in [0.3, 0.4) is 0 Å². The van der Waals surface area contributed by atoms with E-state index in [-0.39, 0.29) is 17.0 Å². The van der Waals surface area contributed by atoms with Gasteiger partial charge in [0, 0.05) is 68.8 Å². The van der Waals surface area contributed by atoms with Gasteiger partial charge in [-0.25, -0.2) is 31.6 Å². The number of sulfonamides is 1. The fraction of sp³-hybridized carbons (Fsp3) is 0.393. The van der Waals surface area contributed by atoms with E-state index in [0.29, 0.717) is 37.7 Å². The average molecular weight is 619 g/mol. The van der Waals surface area contributed by atoms with Crippen LogP contribution in [0.15, 0.2) is 60.3 Å². The smallest absolute Gasteiger partial charge is 0.244 e. The monoisotopic (exact) mass is 618 g/mol. The molecule has 3 aromatic heterocycles. The minimum atomic E-state index is -4.32. The number of imidazole rings is 2. The van der Waals surface area contributed by atoms with Gasteiger partial charge in [-0.15, -0.1) is 0 Å². The quantitative estimate of drug-likeness (QED) is 0.137. The molecule has 1 aliphatic rings. The van der Waals surface area contributed by atoms with Crippen molar-refractivity contribution in [1.29, 1.82) is 0 Å². The molecule has 2 atom stereocenters. The summed E-state index contributed by atoms with van der Waals surface area (Å²) in [4.78, 5) is 12.5. The van der Waals surface area contributed by atoms with Crippen molar-refractivity contribution in [2.24, 2.45) is 0 Å². The van der Waals surface area contributed by atoms with Gasteiger partial charge in [-0.1, -0.05) is 19.6 Å². The maximum atomic E-state index is 15.6. The lowest BCUT2D eigenvalue weighted by Gasteiger charge is -2.26. The Hall–Kier alpha value is -3.33. The van der Waals surface area contributed by atoms with E-state index in [1.54, 1.807) is 12.5 Å². The van der Waals surface area contributed by atoms with Crippen molar-refractivity contribution in [1.82, 2.24) is 28.8 Å². The third kappa shape index (κ3) is 6.51. The second-order valence-corrected chi connectivity index (χ2v) is 18.9. The first-order valence-electron chi connectivity index (χ1n) is 13.6. The van der Waals surface area contributed by atoms with Crippen LogP contribution in [-0.4, -0.2) is 47.2 Å². The molecule has 1 N–H and O–H groups in total. The van der Waals surface area contributed by atoms with Gasteiger partial charge in [0.1, 0.15) is 29.0 Å². The van der Waals surface area contributed by atoms with Gasteiger partial charge in [0.05, 0.1) is 6.33 Å². The lowest BCUT2D eigenvalue weighted by atomic mass is 9.88. The summed E-state index contributed by atoms with van der Waals surface area (Å²) in [6, 6.07) is 5.55. The summed E-state index contributed by atoms with van der Waals surface area (Å²) in [5.41, 5.74) is 0.682. The fourth-order valence-corrected chi connectivity index (χ4v) is 6.74. The summed E-state index contributed by atoms with van der Waals surface area (Å²) < 4.78 is 82.3. The van der Waals surface area contributed by atoms with E-state index in [1.165, 1.54) is 18.3 Å². The number of hydrogen-bond donors (Lipinski definition) is 1. The number of benzene rings is 1. The van der Waals surface area contributed by atoms with Crippen LogP contribution in [0.4, 0.5) is 13.2 Å². The molecule has 1 aliphatic heterocycles. The average Bonchev–Trinajstić information content (AvgIpc) is 3.57. The highest BCUT2D eigenvalue weighted by atomic mass is 32.2. The van der Waals surface area contributed by atoms with E-state index in [4.69, 9.17) is 4.74 Å². The minimum absolute atomic E-state index is 0.214. The number of alkyl halides is 1. The molecule has 2 unspecified atom stereocenters. The molecule has 0 amide bonds. The Bertz CT molecular complexity index is 1660. The number of hydrogen-bond acceptors (Lipinski definition) is 6. The normalized spacial score (nSPS) is 16.4. The second-order valence-electron chi connectivity index (χ2n) is 11.5. The van der Waals surface area contributed by atoms with E-state index in [0.717, 1.165) is 30.1 Å². The van der Waals surface area contributed by atoms with Gasteiger partial charge in [-0.2, -0.15) is 4.72 Å².